The van der Waals surface area contributed by atoms with Crippen molar-refractivity contribution in [1.29, 1.82) is 0 Å². The number of anilines is 1. The molecule has 2 rings (SSSR count). The van der Waals surface area contributed by atoms with Gasteiger partial charge in [0.15, 0.2) is 0 Å². The van der Waals surface area contributed by atoms with Crippen LogP contribution in [0.25, 0.3) is 0 Å². The standard InChI is InChI=1S/C16H25BrN2O/c1-12(18-2)15-7-6-14(10-16(15)17)19(3)8-9-20-11-13-4-5-13/h6-7,10,12-13,18H,4-5,8-9,11H2,1-3H3. The molecule has 20 heavy (non-hydrogen) atoms. The van der Waals surface area contributed by atoms with Crippen LogP contribution in [0.2, 0.25) is 0 Å². The Morgan fingerprint density at radius 3 is 2.80 bits per heavy atom. The summed E-state index contributed by atoms with van der Waals surface area (Å²) in [5, 5.41) is 3.27. The molecule has 0 spiro atoms. The lowest BCUT2D eigenvalue weighted by molar-refractivity contribution is 0.131. The van der Waals surface area contributed by atoms with E-state index in [9.17, 15) is 0 Å². The zero-order valence-corrected chi connectivity index (χ0v) is 14.2. The molecule has 4 heteroatoms. The third-order valence-electron chi connectivity index (χ3n) is 3.95. The van der Waals surface area contributed by atoms with E-state index in [1.165, 1.54) is 24.1 Å². The van der Waals surface area contributed by atoms with Crippen molar-refractivity contribution in [3.8, 4) is 0 Å². The highest BCUT2D eigenvalue weighted by Gasteiger charge is 2.21. The van der Waals surface area contributed by atoms with Crippen LogP contribution in [0.1, 0.15) is 31.4 Å². The summed E-state index contributed by atoms with van der Waals surface area (Å²) in [6.45, 7) is 4.84. The summed E-state index contributed by atoms with van der Waals surface area (Å²) in [5.41, 5.74) is 2.51. The molecule has 1 aliphatic rings. The minimum absolute atomic E-state index is 0.352. The van der Waals surface area contributed by atoms with Gasteiger partial charge in [-0.2, -0.15) is 0 Å². The Balaban J connectivity index is 1.85. The normalized spacial score (nSPS) is 16.2. The van der Waals surface area contributed by atoms with Crippen molar-refractivity contribution >= 4 is 21.6 Å². The van der Waals surface area contributed by atoms with Crippen LogP contribution in [0.5, 0.6) is 0 Å². The second-order valence-electron chi connectivity index (χ2n) is 5.66. The molecule has 0 heterocycles. The Morgan fingerprint density at radius 1 is 1.45 bits per heavy atom. The van der Waals surface area contributed by atoms with E-state index >= 15 is 0 Å². The van der Waals surface area contributed by atoms with Gasteiger partial charge in [0.05, 0.1) is 6.61 Å². The molecule has 0 amide bonds. The van der Waals surface area contributed by atoms with Gasteiger partial charge in [0.1, 0.15) is 0 Å². The van der Waals surface area contributed by atoms with E-state index in [0.29, 0.717) is 6.04 Å². The van der Waals surface area contributed by atoms with E-state index in [4.69, 9.17) is 4.74 Å². The van der Waals surface area contributed by atoms with Gasteiger partial charge in [0.2, 0.25) is 0 Å². The fourth-order valence-electron chi connectivity index (χ4n) is 2.13. The third-order valence-corrected chi connectivity index (χ3v) is 4.63. The zero-order chi connectivity index (χ0) is 14.5. The van der Waals surface area contributed by atoms with Crippen LogP contribution >= 0.6 is 15.9 Å². The van der Waals surface area contributed by atoms with Gasteiger partial charge in [-0.1, -0.05) is 22.0 Å². The van der Waals surface area contributed by atoms with Gasteiger partial charge in [-0.15, -0.1) is 0 Å². The monoisotopic (exact) mass is 340 g/mol. The number of halogens is 1. The molecule has 1 atom stereocenters. The summed E-state index contributed by atoms with van der Waals surface area (Å²) in [6.07, 6.45) is 2.71. The lowest BCUT2D eigenvalue weighted by Gasteiger charge is -2.21. The number of likely N-dealkylation sites (N-methyl/N-ethyl adjacent to an activating group) is 1. The number of hydrogen-bond acceptors (Lipinski definition) is 3. The predicted octanol–water partition coefficient (Wildman–Crippen LogP) is 3.59. The second kappa shape index (κ2) is 7.43. The van der Waals surface area contributed by atoms with Gasteiger partial charge >= 0.3 is 0 Å². The average Bonchev–Trinajstić information content (AvgIpc) is 3.26. The largest absolute Gasteiger partial charge is 0.379 e. The number of benzene rings is 1. The van der Waals surface area contributed by atoms with Crippen LogP contribution in [-0.4, -0.2) is 33.9 Å². The number of rotatable bonds is 8. The minimum Gasteiger partial charge on any atom is -0.379 e. The van der Waals surface area contributed by atoms with E-state index in [2.05, 4.69) is 58.3 Å². The van der Waals surface area contributed by atoms with Crippen molar-refractivity contribution < 1.29 is 4.74 Å². The first-order valence-corrected chi connectivity index (χ1v) is 8.16. The second-order valence-corrected chi connectivity index (χ2v) is 6.51. The van der Waals surface area contributed by atoms with Gasteiger partial charge in [0, 0.05) is 36.4 Å². The summed E-state index contributed by atoms with van der Waals surface area (Å²) in [6, 6.07) is 6.90. The Bertz CT molecular complexity index is 434. The van der Waals surface area contributed by atoms with Crippen molar-refractivity contribution in [1.82, 2.24) is 5.32 Å². The van der Waals surface area contributed by atoms with Crippen molar-refractivity contribution in [3.05, 3.63) is 28.2 Å². The first-order valence-electron chi connectivity index (χ1n) is 7.37. The number of ether oxygens (including phenoxy) is 1. The fraction of sp³-hybridized carbons (Fsp3) is 0.625. The summed E-state index contributed by atoms with van der Waals surface area (Å²) in [7, 11) is 4.10. The van der Waals surface area contributed by atoms with Gasteiger partial charge in [0.25, 0.3) is 0 Å². The summed E-state index contributed by atoms with van der Waals surface area (Å²) >= 11 is 3.67. The molecule has 0 bridgehead atoms. The third kappa shape index (κ3) is 4.47. The maximum Gasteiger partial charge on any atom is 0.0641 e. The van der Waals surface area contributed by atoms with E-state index < -0.39 is 0 Å². The molecule has 0 radical (unpaired) electrons. The highest BCUT2D eigenvalue weighted by molar-refractivity contribution is 9.10. The highest BCUT2D eigenvalue weighted by atomic mass is 79.9. The van der Waals surface area contributed by atoms with E-state index in [1.54, 1.807) is 0 Å². The lowest BCUT2D eigenvalue weighted by atomic mass is 10.1. The molecule has 0 aliphatic heterocycles. The van der Waals surface area contributed by atoms with Gasteiger partial charge in [-0.3, -0.25) is 0 Å². The molecule has 1 N–H and O–H groups in total. The van der Waals surface area contributed by atoms with Gasteiger partial charge < -0.3 is 15.0 Å². The Kier molecular flexibility index (Phi) is 5.87. The SMILES string of the molecule is CNC(C)c1ccc(N(C)CCOCC2CC2)cc1Br. The number of hydrogen-bond donors (Lipinski definition) is 1. The van der Waals surface area contributed by atoms with Crippen molar-refractivity contribution in [2.24, 2.45) is 5.92 Å². The predicted molar refractivity (Wildman–Crippen MR) is 88.4 cm³/mol. The topological polar surface area (TPSA) is 24.5 Å². The van der Waals surface area contributed by atoms with Gasteiger partial charge in [-0.25, -0.2) is 0 Å². The summed E-state index contributed by atoms with van der Waals surface area (Å²) in [4.78, 5) is 2.24. The van der Waals surface area contributed by atoms with Crippen molar-refractivity contribution in [2.75, 3.05) is 38.8 Å². The molecule has 3 nitrogen and oxygen atoms in total. The Morgan fingerprint density at radius 2 is 2.20 bits per heavy atom. The first-order chi connectivity index (χ1) is 9.61. The van der Waals surface area contributed by atoms with E-state index in [1.807, 2.05) is 7.05 Å². The van der Waals surface area contributed by atoms with Crippen molar-refractivity contribution in [3.63, 3.8) is 0 Å². The Labute approximate surface area is 130 Å². The Hall–Kier alpha value is -0.580. The number of nitrogens with zero attached hydrogens (tertiary/aromatic N) is 1. The molecule has 1 aromatic rings. The zero-order valence-electron chi connectivity index (χ0n) is 12.7. The van der Waals surface area contributed by atoms with Crippen LogP contribution in [0.3, 0.4) is 0 Å². The molecule has 1 unspecified atom stereocenters. The van der Waals surface area contributed by atoms with Gasteiger partial charge in [-0.05, 0) is 50.4 Å². The van der Waals surface area contributed by atoms with Crippen LogP contribution in [0.15, 0.2) is 22.7 Å². The molecule has 112 valence electrons. The van der Waals surface area contributed by atoms with Crippen LogP contribution < -0.4 is 10.2 Å². The van der Waals surface area contributed by atoms with Crippen LogP contribution in [-0.2, 0) is 4.74 Å². The number of nitrogens with one attached hydrogen (secondary N) is 1. The summed E-state index contributed by atoms with van der Waals surface area (Å²) in [5.74, 6) is 0.844. The molecule has 1 saturated carbocycles. The van der Waals surface area contributed by atoms with Crippen LogP contribution in [0, 0.1) is 5.92 Å². The minimum atomic E-state index is 0.352. The van der Waals surface area contributed by atoms with E-state index in [0.717, 1.165) is 30.1 Å². The molecule has 1 aromatic carbocycles. The molecule has 0 aromatic heterocycles. The highest BCUT2D eigenvalue weighted by Crippen LogP contribution is 2.29. The van der Waals surface area contributed by atoms with Crippen molar-refractivity contribution in [2.45, 2.75) is 25.8 Å². The van der Waals surface area contributed by atoms with Crippen LogP contribution in [0.4, 0.5) is 5.69 Å². The average molecular weight is 341 g/mol. The first kappa shape index (κ1) is 15.8. The maximum absolute atomic E-state index is 5.70. The lowest BCUT2D eigenvalue weighted by Crippen LogP contribution is -2.23. The molecule has 0 saturated heterocycles. The molecular formula is C16H25BrN2O. The smallest absolute Gasteiger partial charge is 0.0641 e. The molecule has 1 aliphatic carbocycles. The maximum atomic E-state index is 5.70. The van der Waals surface area contributed by atoms with E-state index in [-0.39, 0.29) is 0 Å². The fourth-order valence-corrected chi connectivity index (χ4v) is 2.84. The molecule has 1 fully saturated rings. The molecular weight excluding hydrogens is 316 g/mol. The quantitative estimate of drug-likeness (QED) is 0.732. The summed E-state index contributed by atoms with van der Waals surface area (Å²) < 4.78 is 6.85.